The minimum atomic E-state index is -0.638. The Morgan fingerprint density at radius 2 is 2.42 bits per heavy atom. The molecule has 0 radical (unpaired) electrons. The SMILES string of the molecule is C=CC(=O)Oc1ncnc(N)n1. The summed E-state index contributed by atoms with van der Waals surface area (Å²) < 4.78 is 4.55. The molecule has 2 N–H and O–H groups in total. The molecule has 0 aromatic carbocycles. The second kappa shape index (κ2) is 3.42. The molecule has 0 saturated heterocycles. The average Bonchev–Trinajstić information content (AvgIpc) is 2.04. The van der Waals surface area contributed by atoms with Crippen LogP contribution in [0.4, 0.5) is 5.95 Å². The number of nitrogen functional groups attached to an aromatic ring is 1. The summed E-state index contributed by atoms with van der Waals surface area (Å²) in [7, 11) is 0. The number of nitrogens with two attached hydrogens (primary N) is 1. The normalized spacial score (nSPS) is 9.00. The van der Waals surface area contributed by atoms with E-state index in [-0.39, 0.29) is 12.0 Å². The van der Waals surface area contributed by atoms with Crippen molar-refractivity contribution in [2.24, 2.45) is 0 Å². The highest BCUT2D eigenvalue weighted by Gasteiger charge is 2.02. The summed E-state index contributed by atoms with van der Waals surface area (Å²) in [6.45, 7) is 3.20. The van der Waals surface area contributed by atoms with Crippen LogP contribution in [0, 0.1) is 0 Å². The van der Waals surface area contributed by atoms with Crippen molar-refractivity contribution >= 4 is 11.9 Å². The van der Waals surface area contributed by atoms with Gasteiger partial charge in [-0.25, -0.2) is 9.78 Å². The lowest BCUT2D eigenvalue weighted by molar-refractivity contribution is -0.129. The van der Waals surface area contributed by atoms with E-state index in [1.54, 1.807) is 0 Å². The van der Waals surface area contributed by atoms with Crippen LogP contribution in [0.5, 0.6) is 6.01 Å². The highest BCUT2D eigenvalue weighted by molar-refractivity contribution is 5.82. The molecule has 12 heavy (non-hydrogen) atoms. The maximum atomic E-state index is 10.6. The summed E-state index contributed by atoms with van der Waals surface area (Å²) in [5.41, 5.74) is 5.20. The van der Waals surface area contributed by atoms with E-state index in [1.165, 1.54) is 0 Å². The standard InChI is InChI=1S/C6H6N4O2/c1-2-4(11)12-6-9-3-8-5(7)10-6/h2-3H,1H2,(H2,7,8,9,10). The topological polar surface area (TPSA) is 91.0 Å². The van der Waals surface area contributed by atoms with Crippen LogP contribution in [0.1, 0.15) is 0 Å². The van der Waals surface area contributed by atoms with E-state index in [0.29, 0.717) is 0 Å². The van der Waals surface area contributed by atoms with Crippen LogP contribution in [0.15, 0.2) is 19.0 Å². The quantitative estimate of drug-likeness (QED) is 0.472. The fourth-order valence-corrected chi connectivity index (χ4v) is 0.474. The summed E-state index contributed by atoms with van der Waals surface area (Å²) in [4.78, 5) is 21.2. The van der Waals surface area contributed by atoms with Gasteiger partial charge in [-0.1, -0.05) is 6.58 Å². The van der Waals surface area contributed by atoms with Crippen LogP contribution in [0.3, 0.4) is 0 Å². The molecule has 0 spiro atoms. The second-order valence-electron chi connectivity index (χ2n) is 1.75. The summed E-state index contributed by atoms with van der Waals surface area (Å²) >= 11 is 0. The van der Waals surface area contributed by atoms with Gasteiger partial charge in [-0.3, -0.25) is 0 Å². The van der Waals surface area contributed by atoms with Gasteiger partial charge in [0.25, 0.3) is 0 Å². The fraction of sp³-hybridized carbons (Fsp3) is 0. The van der Waals surface area contributed by atoms with Crippen molar-refractivity contribution in [2.45, 2.75) is 0 Å². The molecule has 6 nitrogen and oxygen atoms in total. The summed E-state index contributed by atoms with van der Waals surface area (Å²) in [6, 6.07) is -0.132. The highest BCUT2D eigenvalue weighted by Crippen LogP contribution is 2.00. The second-order valence-corrected chi connectivity index (χ2v) is 1.75. The Labute approximate surface area is 68.1 Å². The first-order valence-corrected chi connectivity index (χ1v) is 3.01. The highest BCUT2D eigenvalue weighted by atomic mass is 16.5. The maximum absolute atomic E-state index is 10.6. The summed E-state index contributed by atoms with van der Waals surface area (Å²) in [6.07, 6.45) is 2.15. The molecule has 6 heteroatoms. The Kier molecular flexibility index (Phi) is 2.32. The van der Waals surface area contributed by atoms with Crippen LogP contribution in [-0.4, -0.2) is 20.9 Å². The Morgan fingerprint density at radius 1 is 1.67 bits per heavy atom. The molecule has 1 aromatic rings. The Bertz CT molecular complexity index is 312. The molecule has 0 saturated carbocycles. The van der Waals surface area contributed by atoms with Crippen molar-refractivity contribution in [3.8, 4) is 6.01 Å². The molecule has 62 valence electrons. The molecular weight excluding hydrogens is 160 g/mol. The number of hydrogen-bond donors (Lipinski definition) is 1. The lowest BCUT2D eigenvalue weighted by atomic mass is 10.7. The van der Waals surface area contributed by atoms with Gasteiger partial charge in [-0.15, -0.1) is 0 Å². The minimum absolute atomic E-state index is 0.00291. The zero-order chi connectivity index (χ0) is 8.97. The van der Waals surface area contributed by atoms with Gasteiger partial charge in [0.05, 0.1) is 0 Å². The minimum Gasteiger partial charge on any atom is -0.387 e. The summed E-state index contributed by atoms with van der Waals surface area (Å²) in [5.74, 6) is -0.641. The van der Waals surface area contributed by atoms with E-state index < -0.39 is 5.97 Å². The predicted molar refractivity (Wildman–Crippen MR) is 40.1 cm³/mol. The molecule has 0 fully saturated rings. The molecule has 0 atom stereocenters. The molecule has 0 aliphatic rings. The van der Waals surface area contributed by atoms with E-state index in [4.69, 9.17) is 5.73 Å². The number of esters is 1. The van der Waals surface area contributed by atoms with Crippen LogP contribution in [0.2, 0.25) is 0 Å². The van der Waals surface area contributed by atoms with Crippen LogP contribution < -0.4 is 10.5 Å². The van der Waals surface area contributed by atoms with Crippen molar-refractivity contribution < 1.29 is 9.53 Å². The fourth-order valence-electron chi connectivity index (χ4n) is 0.474. The zero-order valence-electron chi connectivity index (χ0n) is 6.10. The number of hydrogen-bond acceptors (Lipinski definition) is 6. The zero-order valence-corrected chi connectivity index (χ0v) is 6.10. The van der Waals surface area contributed by atoms with Crippen molar-refractivity contribution in [1.29, 1.82) is 0 Å². The van der Waals surface area contributed by atoms with Gasteiger partial charge in [0.1, 0.15) is 6.33 Å². The Hall–Kier alpha value is -1.98. The predicted octanol–water partition coefficient (Wildman–Crippen LogP) is -0.455. The molecule has 0 bridgehead atoms. The third kappa shape index (κ3) is 2.01. The summed E-state index contributed by atoms with van der Waals surface area (Å²) in [5, 5.41) is 0. The number of ether oxygens (including phenoxy) is 1. The first-order valence-electron chi connectivity index (χ1n) is 3.01. The van der Waals surface area contributed by atoms with Gasteiger partial charge >= 0.3 is 12.0 Å². The molecule has 0 aliphatic carbocycles. The number of anilines is 1. The average molecular weight is 166 g/mol. The third-order valence-corrected chi connectivity index (χ3v) is 0.927. The molecular formula is C6H6N4O2. The lowest BCUT2D eigenvalue weighted by Gasteiger charge is -1.97. The maximum Gasteiger partial charge on any atom is 0.337 e. The van der Waals surface area contributed by atoms with E-state index in [2.05, 4.69) is 26.3 Å². The van der Waals surface area contributed by atoms with E-state index >= 15 is 0 Å². The van der Waals surface area contributed by atoms with Gasteiger partial charge in [0, 0.05) is 6.08 Å². The van der Waals surface area contributed by atoms with Gasteiger partial charge in [-0.2, -0.15) is 9.97 Å². The van der Waals surface area contributed by atoms with E-state index in [1.807, 2.05) is 0 Å². The Balaban J connectivity index is 2.76. The van der Waals surface area contributed by atoms with Gasteiger partial charge in [0.2, 0.25) is 5.95 Å². The number of rotatable bonds is 2. The molecule has 0 unspecified atom stereocenters. The van der Waals surface area contributed by atoms with Crippen molar-refractivity contribution in [3.63, 3.8) is 0 Å². The number of aromatic nitrogens is 3. The molecule has 1 heterocycles. The number of carbonyl (C=O) groups excluding carboxylic acids is 1. The molecule has 0 amide bonds. The van der Waals surface area contributed by atoms with E-state index in [9.17, 15) is 4.79 Å². The van der Waals surface area contributed by atoms with Gasteiger partial charge in [-0.05, 0) is 0 Å². The monoisotopic (exact) mass is 166 g/mol. The molecule has 1 rings (SSSR count). The molecule has 1 aromatic heterocycles. The first-order chi connectivity index (χ1) is 5.72. The first kappa shape index (κ1) is 8.12. The van der Waals surface area contributed by atoms with Gasteiger partial charge in [0.15, 0.2) is 0 Å². The number of carbonyl (C=O) groups is 1. The Morgan fingerprint density at radius 3 is 3.00 bits per heavy atom. The van der Waals surface area contributed by atoms with E-state index in [0.717, 1.165) is 12.4 Å². The van der Waals surface area contributed by atoms with Crippen LogP contribution >= 0.6 is 0 Å². The van der Waals surface area contributed by atoms with Gasteiger partial charge < -0.3 is 10.5 Å². The molecule has 0 aliphatic heterocycles. The van der Waals surface area contributed by atoms with Crippen molar-refractivity contribution in [1.82, 2.24) is 15.0 Å². The van der Waals surface area contributed by atoms with Crippen molar-refractivity contribution in [3.05, 3.63) is 19.0 Å². The lowest BCUT2D eigenvalue weighted by Crippen LogP contribution is -2.07. The van der Waals surface area contributed by atoms with Crippen molar-refractivity contribution in [2.75, 3.05) is 5.73 Å². The van der Waals surface area contributed by atoms with Crippen LogP contribution in [-0.2, 0) is 4.79 Å². The third-order valence-electron chi connectivity index (χ3n) is 0.927. The smallest absolute Gasteiger partial charge is 0.337 e. The number of nitrogens with zero attached hydrogens (tertiary/aromatic N) is 3. The van der Waals surface area contributed by atoms with Crippen LogP contribution in [0.25, 0.3) is 0 Å². The largest absolute Gasteiger partial charge is 0.387 e.